The quantitative estimate of drug-likeness (QED) is 0.551. The predicted octanol–water partition coefficient (Wildman–Crippen LogP) is 4.37. The molecule has 2 atom stereocenters. The topological polar surface area (TPSA) is 86.0 Å². The van der Waals surface area contributed by atoms with Crippen LogP contribution < -0.4 is 10.2 Å². The zero-order valence-electron chi connectivity index (χ0n) is 15.5. The Morgan fingerprint density at radius 3 is 2.72 bits per heavy atom. The van der Waals surface area contributed by atoms with Crippen LogP contribution in [-0.4, -0.2) is 30.4 Å². The first kappa shape index (κ1) is 19.5. The number of carbonyl (C=O) groups is 1. The van der Waals surface area contributed by atoms with Gasteiger partial charge >= 0.3 is 5.97 Å². The molecule has 7 heteroatoms. The van der Waals surface area contributed by atoms with Gasteiger partial charge in [-0.15, -0.1) is 0 Å². The van der Waals surface area contributed by atoms with Crippen molar-refractivity contribution in [2.75, 3.05) is 13.2 Å². The second-order valence-corrected chi connectivity index (χ2v) is 7.37. The van der Waals surface area contributed by atoms with Gasteiger partial charge in [-0.05, 0) is 48.7 Å². The lowest BCUT2D eigenvalue weighted by Crippen LogP contribution is -2.09. The number of benzene rings is 2. The average molecular weight is 415 g/mol. The smallest absolute Gasteiger partial charge is 0.303 e. The first-order valence-electron chi connectivity index (χ1n) is 9.30. The number of rotatable bonds is 8. The van der Waals surface area contributed by atoms with E-state index >= 15 is 0 Å². The van der Waals surface area contributed by atoms with Crippen molar-refractivity contribution in [3.8, 4) is 17.1 Å². The van der Waals surface area contributed by atoms with Crippen LogP contribution in [0.1, 0.15) is 12.8 Å². The molecule has 0 aliphatic heterocycles. The summed E-state index contributed by atoms with van der Waals surface area (Å²) in [6, 6.07) is 13.7. The number of aliphatic carboxylic acids is 1. The Hall–Kier alpha value is -2.83. The normalized spacial score (nSPS) is 18.0. The third-order valence-electron chi connectivity index (χ3n) is 4.82. The van der Waals surface area contributed by atoms with Gasteiger partial charge in [0.15, 0.2) is 11.0 Å². The first-order chi connectivity index (χ1) is 14.0. The van der Waals surface area contributed by atoms with Gasteiger partial charge in [-0.1, -0.05) is 17.7 Å². The lowest BCUT2D eigenvalue weighted by atomic mass is 10.1. The Morgan fingerprint density at radius 1 is 1.17 bits per heavy atom. The minimum Gasteiger partial charge on any atom is -0.491 e. The third kappa shape index (κ3) is 4.60. The van der Waals surface area contributed by atoms with Crippen LogP contribution in [0.4, 0.5) is 0 Å². The van der Waals surface area contributed by atoms with Gasteiger partial charge in [0.2, 0.25) is 0 Å². The van der Waals surface area contributed by atoms with Gasteiger partial charge < -0.3 is 19.0 Å². The summed E-state index contributed by atoms with van der Waals surface area (Å²) in [7, 11) is 0. The molecule has 0 saturated heterocycles. The van der Waals surface area contributed by atoms with Crippen LogP contribution in [0.15, 0.2) is 57.7 Å². The molecule has 0 amide bonds. The number of hydrogen-bond acceptors (Lipinski definition) is 5. The average Bonchev–Trinajstić information content (AvgIpc) is 3.43. The molecule has 0 unspecified atom stereocenters. The summed E-state index contributed by atoms with van der Waals surface area (Å²) in [4.78, 5) is 22.9. The summed E-state index contributed by atoms with van der Waals surface area (Å²) in [5, 5.41) is 9.57. The van der Waals surface area contributed by atoms with Crippen molar-refractivity contribution in [2.24, 2.45) is 5.92 Å². The molecule has 1 aromatic heterocycles. The van der Waals surface area contributed by atoms with Crippen LogP contribution in [0.5, 0.6) is 5.75 Å². The highest BCUT2D eigenvalue weighted by Gasteiger charge is 2.39. The highest BCUT2D eigenvalue weighted by atomic mass is 35.5. The largest absolute Gasteiger partial charge is 0.491 e. The maximum Gasteiger partial charge on any atom is 0.303 e. The van der Waals surface area contributed by atoms with E-state index in [1.165, 1.54) is 6.07 Å². The number of para-hydroxylation sites is 1. The molecule has 1 aliphatic rings. The number of ether oxygens (including phenoxy) is 2. The molecule has 1 saturated carbocycles. The predicted molar refractivity (Wildman–Crippen MR) is 109 cm³/mol. The minimum atomic E-state index is -0.790. The van der Waals surface area contributed by atoms with Gasteiger partial charge in [0.1, 0.15) is 18.1 Å². The summed E-state index contributed by atoms with van der Waals surface area (Å²) in [6.07, 6.45) is 0.977. The molecule has 3 aromatic rings. The van der Waals surface area contributed by atoms with Crippen molar-refractivity contribution in [3.05, 3.63) is 63.8 Å². The van der Waals surface area contributed by atoms with Gasteiger partial charge in [0, 0.05) is 11.6 Å². The number of halogens is 1. The fourth-order valence-corrected chi connectivity index (χ4v) is 3.44. The van der Waals surface area contributed by atoms with E-state index in [9.17, 15) is 9.59 Å². The van der Waals surface area contributed by atoms with Crippen LogP contribution in [0.25, 0.3) is 22.3 Å². The van der Waals surface area contributed by atoms with Crippen molar-refractivity contribution in [3.63, 3.8) is 0 Å². The summed E-state index contributed by atoms with van der Waals surface area (Å²) < 4.78 is 17.1. The Morgan fingerprint density at radius 2 is 1.97 bits per heavy atom. The van der Waals surface area contributed by atoms with Gasteiger partial charge in [0.25, 0.3) is 0 Å². The van der Waals surface area contributed by atoms with Crippen molar-refractivity contribution >= 4 is 28.5 Å². The van der Waals surface area contributed by atoms with E-state index in [1.807, 2.05) is 0 Å². The molecule has 4 rings (SSSR count). The molecule has 1 fully saturated rings. The molecule has 150 valence electrons. The van der Waals surface area contributed by atoms with Crippen LogP contribution in [0.2, 0.25) is 5.02 Å². The van der Waals surface area contributed by atoms with E-state index in [0.29, 0.717) is 40.7 Å². The van der Waals surface area contributed by atoms with Gasteiger partial charge in [-0.3, -0.25) is 9.59 Å². The lowest BCUT2D eigenvalue weighted by molar-refractivity contribution is -0.137. The molecule has 0 bridgehead atoms. The number of fused-ring (bicyclic) bond motifs is 1. The van der Waals surface area contributed by atoms with Gasteiger partial charge in [0.05, 0.1) is 29.5 Å². The highest BCUT2D eigenvalue weighted by Crippen LogP contribution is 2.36. The standard InChI is InChI=1S/C22H19ClO6/c23-17-3-1-2-16-18(24)12-20(29-22(16)17)13-4-6-15(7-5-13)27-8-9-28-19-10-14(19)11-21(25)26/h1-7,12,14,19H,8-11H2,(H,25,26)/t14-,19+/m0/s1. The molecule has 1 N–H and O–H groups in total. The Labute approximate surface area is 171 Å². The monoisotopic (exact) mass is 414 g/mol. The molecular weight excluding hydrogens is 396 g/mol. The molecule has 1 aliphatic carbocycles. The zero-order valence-corrected chi connectivity index (χ0v) is 16.2. The van der Waals surface area contributed by atoms with Crippen LogP contribution in [0, 0.1) is 5.92 Å². The summed E-state index contributed by atoms with van der Waals surface area (Å²) >= 11 is 6.15. The molecular formula is C22H19ClO6. The SMILES string of the molecule is O=C(O)C[C@@H]1C[C@H]1OCCOc1ccc(-c2cc(=O)c3cccc(Cl)c3o2)cc1. The van der Waals surface area contributed by atoms with E-state index in [-0.39, 0.29) is 23.9 Å². The van der Waals surface area contributed by atoms with Crippen molar-refractivity contribution in [2.45, 2.75) is 18.9 Å². The number of carboxylic acids is 1. The number of carboxylic acid groups (broad SMARTS) is 1. The number of hydrogen-bond donors (Lipinski definition) is 1. The first-order valence-corrected chi connectivity index (χ1v) is 9.68. The summed E-state index contributed by atoms with van der Waals surface area (Å²) in [6.45, 7) is 0.775. The molecule has 2 aromatic carbocycles. The van der Waals surface area contributed by atoms with E-state index in [0.717, 1.165) is 12.0 Å². The van der Waals surface area contributed by atoms with Crippen LogP contribution in [0.3, 0.4) is 0 Å². The summed E-state index contributed by atoms with van der Waals surface area (Å²) in [5.41, 5.74) is 0.958. The van der Waals surface area contributed by atoms with E-state index in [1.54, 1.807) is 42.5 Å². The maximum absolute atomic E-state index is 12.3. The minimum absolute atomic E-state index is 0.0275. The van der Waals surface area contributed by atoms with Gasteiger partial charge in [-0.25, -0.2) is 0 Å². The van der Waals surface area contributed by atoms with Crippen LogP contribution >= 0.6 is 11.6 Å². The van der Waals surface area contributed by atoms with Crippen molar-refractivity contribution in [1.82, 2.24) is 0 Å². The fraction of sp³-hybridized carbons (Fsp3) is 0.273. The second-order valence-electron chi connectivity index (χ2n) is 6.97. The Balaban J connectivity index is 1.35. The van der Waals surface area contributed by atoms with Gasteiger partial charge in [-0.2, -0.15) is 0 Å². The van der Waals surface area contributed by atoms with Crippen LogP contribution in [-0.2, 0) is 9.53 Å². The van der Waals surface area contributed by atoms with E-state index in [4.69, 9.17) is 30.6 Å². The van der Waals surface area contributed by atoms with Crippen molar-refractivity contribution < 1.29 is 23.8 Å². The van der Waals surface area contributed by atoms with Crippen molar-refractivity contribution in [1.29, 1.82) is 0 Å². The maximum atomic E-state index is 12.3. The fourth-order valence-electron chi connectivity index (χ4n) is 3.22. The second kappa shape index (κ2) is 8.27. The zero-order chi connectivity index (χ0) is 20.4. The third-order valence-corrected chi connectivity index (χ3v) is 5.12. The van der Waals surface area contributed by atoms with E-state index < -0.39 is 5.97 Å². The van der Waals surface area contributed by atoms with E-state index in [2.05, 4.69) is 0 Å². The Bertz CT molecular complexity index is 1090. The highest BCUT2D eigenvalue weighted by molar-refractivity contribution is 6.34. The molecule has 1 heterocycles. The molecule has 0 radical (unpaired) electrons. The molecule has 29 heavy (non-hydrogen) atoms. The molecule has 6 nitrogen and oxygen atoms in total. The summed E-state index contributed by atoms with van der Waals surface area (Å²) in [5.74, 6) is 0.430. The lowest BCUT2D eigenvalue weighted by Gasteiger charge is -2.08. The Kier molecular flexibility index (Phi) is 5.56. The molecule has 0 spiro atoms.